The van der Waals surface area contributed by atoms with Crippen molar-refractivity contribution in [2.75, 3.05) is 18.6 Å². The van der Waals surface area contributed by atoms with E-state index in [0.717, 1.165) is 12.0 Å². The predicted octanol–water partition coefficient (Wildman–Crippen LogP) is 5.77. The minimum atomic E-state index is -0.542. The van der Waals surface area contributed by atoms with Gasteiger partial charge in [0.2, 0.25) is 0 Å². The van der Waals surface area contributed by atoms with Crippen molar-refractivity contribution in [2.24, 2.45) is 0 Å². The highest BCUT2D eigenvalue weighted by atomic mass is 35.5. The van der Waals surface area contributed by atoms with E-state index in [1.807, 2.05) is 31.2 Å². The van der Waals surface area contributed by atoms with Gasteiger partial charge in [-0.1, -0.05) is 54.9 Å². The van der Waals surface area contributed by atoms with Crippen LogP contribution in [-0.4, -0.2) is 35.5 Å². The topological polar surface area (TPSA) is 59.1 Å². The van der Waals surface area contributed by atoms with Gasteiger partial charge in [-0.25, -0.2) is 4.39 Å². The summed E-state index contributed by atoms with van der Waals surface area (Å²) in [5.74, 6) is -0.923. The fourth-order valence-electron chi connectivity index (χ4n) is 3.79. The zero-order valence-electron chi connectivity index (χ0n) is 20.2. The number of benzene rings is 3. The maximum atomic E-state index is 13.9. The lowest BCUT2D eigenvalue weighted by atomic mass is 10.1. The number of hydrogen-bond donors (Lipinski definition) is 0. The maximum absolute atomic E-state index is 13.9. The Morgan fingerprint density at radius 1 is 1.11 bits per heavy atom. The zero-order chi connectivity index (χ0) is 26.5. The summed E-state index contributed by atoms with van der Waals surface area (Å²) in [4.78, 5) is 28.4. The molecular formula is C28H24ClFN2O4S. The van der Waals surface area contributed by atoms with Crippen LogP contribution in [0.15, 0.2) is 72.4 Å². The van der Waals surface area contributed by atoms with E-state index in [1.165, 1.54) is 23.0 Å². The monoisotopic (exact) mass is 538 g/mol. The van der Waals surface area contributed by atoms with Crippen molar-refractivity contribution in [1.29, 1.82) is 0 Å². The Kier molecular flexibility index (Phi) is 8.21. The Morgan fingerprint density at radius 2 is 1.84 bits per heavy atom. The van der Waals surface area contributed by atoms with Gasteiger partial charge in [-0.2, -0.15) is 0 Å². The predicted molar refractivity (Wildman–Crippen MR) is 145 cm³/mol. The van der Waals surface area contributed by atoms with E-state index in [-0.39, 0.29) is 40.7 Å². The molecule has 0 saturated carbocycles. The molecule has 0 unspecified atom stereocenters. The summed E-state index contributed by atoms with van der Waals surface area (Å²) >= 11 is 12.0. The lowest BCUT2D eigenvalue weighted by Gasteiger charge is -2.19. The van der Waals surface area contributed by atoms with E-state index in [1.54, 1.807) is 42.5 Å². The van der Waals surface area contributed by atoms with Crippen molar-refractivity contribution in [3.05, 3.63) is 100.0 Å². The number of carbonyl (C=O) groups excluding carboxylic acids is 2. The Morgan fingerprint density at radius 3 is 2.49 bits per heavy atom. The average molecular weight is 539 g/mol. The fourth-order valence-corrected chi connectivity index (χ4v) is 4.38. The quantitative estimate of drug-likeness (QED) is 0.206. The van der Waals surface area contributed by atoms with Crippen molar-refractivity contribution in [2.45, 2.75) is 20.0 Å². The van der Waals surface area contributed by atoms with Gasteiger partial charge >= 0.3 is 5.97 Å². The third-order valence-corrected chi connectivity index (χ3v) is 6.55. The van der Waals surface area contributed by atoms with Crippen molar-refractivity contribution >= 4 is 52.6 Å². The molecule has 0 N–H and O–H groups in total. The van der Waals surface area contributed by atoms with Crippen molar-refractivity contribution in [3.8, 4) is 5.75 Å². The molecule has 3 aromatic carbocycles. The highest BCUT2D eigenvalue weighted by Crippen LogP contribution is 2.32. The number of hydrogen-bond acceptors (Lipinski definition) is 5. The van der Waals surface area contributed by atoms with Crippen LogP contribution in [0, 0.1) is 5.82 Å². The molecule has 1 saturated heterocycles. The van der Waals surface area contributed by atoms with Crippen LogP contribution in [0.5, 0.6) is 5.75 Å². The highest BCUT2D eigenvalue weighted by molar-refractivity contribution is 7.80. The van der Waals surface area contributed by atoms with Crippen LogP contribution in [0.1, 0.15) is 23.6 Å². The second kappa shape index (κ2) is 11.5. The first-order valence-electron chi connectivity index (χ1n) is 11.5. The Hall–Kier alpha value is -3.75. The van der Waals surface area contributed by atoms with Gasteiger partial charge < -0.3 is 14.4 Å². The molecule has 9 heteroatoms. The summed E-state index contributed by atoms with van der Waals surface area (Å²) < 4.78 is 24.4. The Balaban J connectivity index is 1.62. The van der Waals surface area contributed by atoms with Crippen molar-refractivity contribution < 1.29 is 23.5 Å². The van der Waals surface area contributed by atoms with Gasteiger partial charge in [0.15, 0.2) is 5.11 Å². The molecular weight excluding hydrogens is 515 g/mol. The first-order chi connectivity index (χ1) is 17.8. The Labute approximate surface area is 224 Å². The molecule has 1 aliphatic heterocycles. The van der Waals surface area contributed by atoms with Crippen LogP contribution in [0.25, 0.3) is 6.08 Å². The van der Waals surface area contributed by atoms with Gasteiger partial charge in [0.25, 0.3) is 5.91 Å². The molecule has 37 heavy (non-hydrogen) atoms. The van der Waals surface area contributed by atoms with Crippen LogP contribution < -0.4 is 9.64 Å². The Bertz CT molecular complexity index is 1380. The zero-order valence-corrected chi connectivity index (χ0v) is 21.8. The third-order valence-electron chi connectivity index (χ3n) is 5.85. The molecule has 0 radical (unpaired) electrons. The average Bonchev–Trinajstić information content (AvgIpc) is 3.12. The number of halogens is 2. The molecule has 0 aliphatic carbocycles. The van der Waals surface area contributed by atoms with E-state index >= 15 is 0 Å². The van der Waals surface area contributed by atoms with Gasteiger partial charge in [0.1, 0.15) is 30.4 Å². The van der Waals surface area contributed by atoms with Crippen molar-refractivity contribution in [3.63, 3.8) is 0 Å². The van der Waals surface area contributed by atoms with Crippen LogP contribution >= 0.6 is 23.8 Å². The number of carbonyl (C=O) groups is 2. The minimum absolute atomic E-state index is 0.0122. The molecule has 1 aliphatic rings. The fraction of sp³-hybridized carbons (Fsp3) is 0.179. The normalized spacial score (nSPS) is 14.4. The van der Waals surface area contributed by atoms with E-state index < -0.39 is 5.97 Å². The lowest BCUT2D eigenvalue weighted by Crippen LogP contribution is -2.35. The summed E-state index contributed by atoms with van der Waals surface area (Å²) in [7, 11) is 1.27. The van der Waals surface area contributed by atoms with Gasteiger partial charge in [-0.15, -0.1) is 0 Å². The van der Waals surface area contributed by atoms with Gasteiger partial charge in [-0.3, -0.25) is 14.5 Å². The number of nitrogens with zero attached hydrogens (tertiary/aromatic N) is 2. The van der Waals surface area contributed by atoms with Gasteiger partial charge in [-0.05, 0) is 66.2 Å². The molecule has 0 bridgehead atoms. The van der Waals surface area contributed by atoms with Crippen LogP contribution in [-0.2, 0) is 27.4 Å². The third kappa shape index (κ3) is 5.81. The lowest BCUT2D eigenvalue weighted by molar-refractivity contribution is -0.140. The summed E-state index contributed by atoms with van der Waals surface area (Å²) in [5.41, 5.74) is 2.91. The van der Waals surface area contributed by atoms with Crippen molar-refractivity contribution in [1.82, 2.24) is 4.90 Å². The van der Waals surface area contributed by atoms with E-state index in [4.69, 9.17) is 33.3 Å². The molecule has 1 amide bonds. The summed E-state index contributed by atoms with van der Waals surface area (Å²) in [6.45, 7) is 1.83. The number of methoxy groups -OCH3 is 1. The maximum Gasteiger partial charge on any atom is 0.325 e. The minimum Gasteiger partial charge on any atom is -0.487 e. The van der Waals surface area contributed by atoms with Gasteiger partial charge in [0.05, 0.1) is 17.8 Å². The van der Waals surface area contributed by atoms with Gasteiger partial charge in [0, 0.05) is 5.56 Å². The number of esters is 1. The van der Waals surface area contributed by atoms with Crippen LogP contribution in [0.3, 0.4) is 0 Å². The van der Waals surface area contributed by atoms with Crippen LogP contribution in [0.2, 0.25) is 5.02 Å². The molecule has 6 nitrogen and oxygen atoms in total. The second-order valence-electron chi connectivity index (χ2n) is 8.20. The van der Waals surface area contributed by atoms with E-state index in [9.17, 15) is 14.0 Å². The number of ether oxygens (including phenoxy) is 2. The first-order valence-corrected chi connectivity index (χ1v) is 12.3. The first kappa shape index (κ1) is 26.3. The summed E-state index contributed by atoms with van der Waals surface area (Å²) in [5, 5.41) is 0.451. The second-order valence-corrected chi connectivity index (χ2v) is 8.98. The molecule has 1 fully saturated rings. The number of amides is 1. The smallest absolute Gasteiger partial charge is 0.325 e. The number of thiocarbonyl (C=S) groups is 1. The molecule has 4 rings (SSSR count). The standard InChI is InChI=1S/C28H24ClFN2O4S/c1-3-18-8-11-21(12-9-18)32-27(34)24(31(28(32)37)16-26(33)35-2)15-19-10-13-25(22(29)14-19)36-17-20-6-4-5-7-23(20)30/h4-15H,3,16-17H2,1-2H3/b24-15-. The summed E-state index contributed by atoms with van der Waals surface area (Å²) in [6.07, 6.45) is 2.46. The van der Waals surface area contributed by atoms with E-state index in [0.29, 0.717) is 22.6 Å². The molecule has 190 valence electrons. The molecule has 3 aromatic rings. The molecule has 1 heterocycles. The summed E-state index contributed by atoms with van der Waals surface area (Å²) in [6, 6.07) is 18.8. The number of anilines is 1. The number of aryl methyl sites for hydroxylation is 1. The number of rotatable bonds is 8. The molecule has 0 atom stereocenters. The molecule has 0 spiro atoms. The largest absolute Gasteiger partial charge is 0.487 e. The van der Waals surface area contributed by atoms with Crippen LogP contribution in [0.4, 0.5) is 10.1 Å². The SMILES string of the molecule is CCc1ccc(N2C(=O)/C(=C/c3ccc(OCc4ccccc4F)c(Cl)c3)N(CC(=O)OC)C2=S)cc1. The van der Waals surface area contributed by atoms with E-state index in [2.05, 4.69) is 0 Å². The molecule has 0 aromatic heterocycles. The highest BCUT2D eigenvalue weighted by Gasteiger charge is 2.40.